The van der Waals surface area contributed by atoms with Crippen molar-refractivity contribution in [2.45, 2.75) is 334 Å². The monoisotopic (exact) mass is 898 g/mol. The predicted octanol–water partition coefficient (Wildman–Crippen LogP) is 19.3. The summed E-state index contributed by atoms with van der Waals surface area (Å²) in [4.78, 5) is 12.4. The minimum Gasteiger partial charge on any atom is -0.394 e. The van der Waals surface area contributed by atoms with Crippen LogP contribution in [0.4, 0.5) is 0 Å². The number of aliphatic hydroxyl groups excluding tert-OH is 2. The number of amides is 1. The molecule has 0 rings (SSSR count). The summed E-state index contributed by atoms with van der Waals surface area (Å²) < 4.78 is 0. The minimum atomic E-state index is -0.868. The van der Waals surface area contributed by atoms with E-state index >= 15 is 0 Å². The summed E-state index contributed by atoms with van der Waals surface area (Å²) in [6.45, 7) is 4.29. The Hall–Kier alpha value is -1.39. The number of allylic oxidation sites excluding steroid dienone is 5. The number of unbranched alkanes of at least 4 members (excludes halogenated alkanes) is 43. The molecule has 0 bridgehead atoms. The van der Waals surface area contributed by atoms with Gasteiger partial charge in [0.05, 0.1) is 18.8 Å². The van der Waals surface area contributed by atoms with Gasteiger partial charge in [0.25, 0.3) is 0 Å². The summed E-state index contributed by atoms with van der Waals surface area (Å²) in [5.41, 5.74) is 0. The van der Waals surface area contributed by atoms with E-state index in [1.54, 1.807) is 6.08 Å². The molecule has 0 aliphatic heterocycles. The van der Waals surface area contributed by atoms with Crippen molar-refractivity contribution in [3.63, 3.8) is 0 Å². The number of rotatable bonds is 54. The van der Waals surface area contributed by atoms with Gasteiger partial charge < -0.3 is 15.5 Å². The van der Waals surface area contributed by atoms with Crippen LogP contribution in [0.2, 0.25) is 0 Å². The first kappa shape index (κ1) is 62.6. The standard InChI is InChI=1S/C60H115NO3/c1-3-5-7-9-11-13-15-17-19-20-21-22-23-24-25-26-27-28-29-30-31-32-33-34-35-36-37-38-39-40-41-42-44-46-48-50-52-54-56-60(64)61-58(57-62)59(63)55-53-51-49-47-45-43-18-16-14-12-10-8-6-4-2/h14,16,45,47,53,55,58-59,62-63H,3-13,15,17-44,46,48-52,54,56-57H2,1-2H3,(H,61,64)/b16-14+,47-45+,55-53+. The average Bonchev–Trinajstić information content (AvgIpc) is 3.30. The number of carbonyl (C=O) groups is 1. The molecule has 0 aromatic heterocycles. The first-order valence-corrected chi connectivity index (χ1v) is 29.2. The Bertz CT molecular complexity index is 974. The molecule has 64 heavy (non-hydrogen) atoms. The van der Waals surface area contributed by atoms with Crippen molar-refractivity contribution in [1.29, 1.82) is 0 Å². The van der Waals surface area contributed by atoms with Gasteiger partial charge in [0, 0.05) is 6.42 Å². The van der Waals surface area contributed by atoms with Gasteiger partial charge in [-0.25, -0.2) is 0 Å². The average molecular weight is 899 g/mol. The van der Waals surface area contributed by atoms with Gasteiger partial charge in [-0.2, -0.15) is 0 Å². The third-order valence-electron chi connectivity index (χ3n) is 13.6. The molecule has 0 heterocycles. The van der Waals surface area contributed by atoms with Gasteiger partial charge in [-0.1, -0.05) is 307 Å². The maximum atomic E-state index is 12.4. The van der Waals surface area contributed by atoms with Gasteiger partial charge >= 0.3 is 0 Å². The van der Waals surface area contributed by atoms with Crippen molar-refractivity contribution in [2.24, 2.45) is 0 Å². The first-order valence-electron chi connectivity index (χ1n) is 29.2. The highest BCUT2D eigenvalue weighted by molar-refractivity contribution is 5.76. The van der Waals surface area contributed by atoms with E-state index in [4.69, 9.17) is 0 Å². The second-order valence-corrected chi connectivity index (χ2v) is 20.1. The zero-order valence-electron chi connectivity index (χ0n) is 43.6. The Labute approximate surface area is 402 Å². The highest BCUT2D eigenvalue weighted by Gasteiger charge is 2.18. The third-order valence-corrected chi connectivity index (χ3v) is 13.6. The fourth-order valence-electron chi connectivity index (χ4n) is 9.16. The smallest absolute Gasteiger partial charge is 0.220 e. The molecule has 3 N–H and O–H groups in total. The lowest BCUT2D eigenvalue weighted by Gasteiger charge is -2.19. The topological polar surface area (TPSA) is 69.6 Å². The second kappa shape index (κ2) is 55.9. The highest BCUT2D eigenvalue weighted by atomic mass is 16.3. The van der Waals surface area contributed by atoms with Crippen molar-refractivity contribution in [3.05, 3.63) is 36.5 Å². The van der Waals surface area contributed by atoms with E-state index in [0.29, 0.717) is 6.42 Å². The summed E-state index contributed by atoms with van der Waals surface area (Å²) in [6.07, 6.45) is 76.3. The van der Waals surface area contributed by atoms with E-state index in [1.807, 2.05) is 6.08 Å². The van der Waals surface area contributed by atoms with Crippen molar-refractivity contribution < 1.29 is 15.0 Å². The molecule has 0 aliphatic carbocycles. The molecule has 0 spiro atoms. The molecule has 0 saturated heterocycles. The highest BCUT2D eigenvalue weighted by Crippen LogP contribution is 2.18. The molecule has 378 valence electrons. The van der Waals surface area contributed by atoms with Gasteiger partial charge in [0.1, 0.15) is 0 Å². The number of carbonyl (C=O) groups excluding carboxylic acids is 1. The summed E-state index contributed by atoms with van der Waals surface area (Å²) in [5, 5.41) is 23.0. The van der Waals surface area contributed by atoms with E-state index in [0.717, 1.165) is 38.5 Å². The summed E-state index contributed by atoms with van der Waals surface area (Å²) >= 11 is 0. The normalized spacial score (nSPS) is 13.0. The second-order valence-electron chi connectivity index (χ2n) is 20.1. The van der Waals surface area contributed by atoms with Crippen molar-refractivity contribution in [3.8, 4) is 0 Å². The summed E-state index contributed by atoms with van der Waals surface area (Å²) in [6, 6.07) is -0.643. The van der Waals surface area contributed by atoms with Crippen LogP contribution in [0.25, 0.3) is 0 Å². The molecule has 0 fully saturated rings. The van der Waals surface area contributed by atoms with Crippen LogP contribution in [-0.2, 0) is 4.79 Å². The third kappa shape index (κ3) is 51.6. The van der Waals surface area contributed by atoms with E-state index in [1.165, 1.54) is 263 Å². The maximum absolute atomic E-state index is 12.4. The number of aliphatic hydroxyl groups is 2. The molecular weight excluding hydrogens is 783 g/mol. The molecule has 0 radical (unpaired) electrons. The molecule has 4 heteroatoms. The first-order chi connectivity index (χ1) is 31.7. The maximum Gasteiger partial charge on any atom is 0.220 e. The zero-order chi connectivity index (χ0) is 46.3. The Morgan fingerprint density at radius 2 is 0.609 bits per heavy atom. The van der Waals surface area contributed by atoms with Crippen LogP contribution in [0, 0.1) is 0 Å². The van der Waals surface area contributed by atoms with Crippen LogP contribution in [0.1, 0.15) is 322 Å². The van der Waals surface area contributed by atoms with Crippen LogP contribution in [0.15, 0.2) is 36.5 Å². The fourth-order valence-corrected chi connectivity index (χ4v) is 9.16. The number of nitrogens with one attached hydrogen (secondary N) is 1. The van der Waals surface area contributed by atoms with Crippen LogP contribution in [-0.4, -0.2) is 34.9 Å². The van der Waals surface area contributed by atoms with E-state index in [9.17, 15) is 15.0 Å². The molecule has 2 unspecified atom stereocenters. The lowest BCUT2D eigenvalue weighted by molar-refractivity contribution is -0.123. The Balaban J connectivity index is 3.38. The molecular formula is C60H115NO3. The molecule has 0 aromatic rings. The SMILES string of the molecule is CCCCCC/C=C/CC/C=C/CC/C=C/C(O)C(CO)NC(=O)CCCCCCCCCCCCCCCCCCCCCCCCCCCCCCCCCCCCCCCC. The fraction of sp³-hybridized carbons (Fsp3) is 0.883. The Morgan fingerprint density at radius 1 is 0.359 bits per heavy atom. The molecule has 0 aromatic carbocycles. The van der Waals surface area contributed by atoms with Crippen LogP contribution in [0.3, 0.4) is 0 Å². The molecule has 0 saturated carbocycles. The van der Waals surface area contributed by atoms with Crippen molar-refractivity contribution in [2.75, 3.05) is 6.61 Å². The summed E-state index contributed by atoms with van der Waals surface area (Å²) in [7, 11) is 0. The van der Waals surface area contributed by atoms with Gasteiger partial charge in [0.2, 0.25) is 5.91 Å². The van der Waals surface area contributed by atoms with Gasteiger partial charge in [-0.3, -0.25) is 4.79 Å². The lowest BCUT2D eigenvalue weighted by atomic mass is 10.0. The lowest BCUT2D eigenvalue weighted by Crippen LogP contribution is -2.45. The van der Waals surface area contributed by atoms with Gasteiger partial charge in [-0.15, -0.1) is 0 Å². The van der Waals surface area contributed by atoms with Crippen LogP contribution in [0.5, 0.6) is 0 Å². The van der Waals surface area contributed by atoms with Crippen LogP contribution < -0.4 is 5.32 Å². The quantitative estimate of drug-likeness (QED) is 0.0421. The molecule has 4 nitrogen and oxygen atoms in total. The molecule has 2 atom stereocenters. The number of hydrogen-bond donors (Lipinski definition) is 3. The van der Waals surface area contributed by atoms with Crippen LogP contribution >= 0.6 is 0 Å². The Kier molecular flexibility index (Phi) is 54.7. The zero-order valence-corrected chi connectivity index (χ0v) is 43.6. The van der Waals surface area contributed by atoms with Gasteiger partial charge in [-0.05, 0) is 44.9 Å². The Morgan fingerprint density at radius 3 is 0.906 bits per heavy atom. The van der Waals surface area contributed by atoms with E-state index in [-0.39, 0.29) is 12.5 Å². The van der Waals surface area contributed by atoms with Crippen molar-refractivity contribution >= 4 is 5.91 Å². The minimum absolute atomic E-state index is 0.0733. The molecule has 1 amide bonds. The van der Waals surface area contributed by atoms with E-state index < -0.39 is 12.1 Å². The summed E-state index contributed by atoms with van der Waals surface area (Å²) in [5.74, 6) is -0.0733. The predicted molar refractivity (Wildman–Crippen MR) is 285 cm³/mol. The number of hydrogen-bond acceptors (Lipinski definition) is 3. The van der Waals surface area contributed by atoms with Crippen molar-refractivity contribution in [1.82, 2.24) is 5.32 Å². The van der Waals surface area contributed by atoms with Gasteiger partial charge in [0.15, 0.2) is 0 Å². The molecule has 0 aliphatic rings. The largest absolute Gasteiger partial charge is 0.394 e. The van der Waals surface area contributed by atoms with E-state index in [2.05, 4.69) is 43.5 Å².